The largest absolute Gasteiger partial charge is 0.325 e. The second-order valence-electron chi connectivity index (χ2n) is 2.38. The van der Waals surface area contributed by atoms with Crippen LogP contribution in [0, 0.1) is 0 Å². The third kappa shape index (κ3) is 2.88. The van der Waals surface area contributed by atoms with E-state index in [0.717, 1.165) is 0 Å². The first-order valence-electron chi connectivity index (χ1n) is 3.58. The van der Waals surface area contributed by atoms with Gasteiger partial charge in [0, 0.05) is 5.69 Å². The van der Waals surface area contributed by atoms with E-state index in [0.29, 0.717) is 15.7 Å². The third-order valence-corrected chi connectivity index (χ3v) is 2.13. The van der Waals surface area contributed by atoms with Gasteiger partial charge in [0.1, 0.15) is 0 Å². The number of carbonyl (C=O) groups is 1. The average molecular weight is 219 g/mol. The molecule has 3 N–H and O–H groups in total. The molecular formula is C8H8Cl2N2O. The van der Waals surface area contributed by atoms with E-state index >= 15 is 0 Å². The summed E-state index contributed by atoms with van der Waals surface area (Å²) < 4.78 is 0. The molecule has 70 valence electrons. The highest BCUT2D eigenvalue weighted by Gasteiger charge is 2.01. The summed E-state index contributed by atoms with van der Waals surface area (Å²) in [5, 5.41) is 3.40. The number of rotatable bonds is 2. The van der Waals surface area contributed by atoms with Gasteiger partial charge in [0.2, 0.25) is 5.91 Å². The first-order valence-corrected chi connectivity index (χ1v) is 4.34. The number of anilines is 1. The van der Waals surface area contributed by atoms with Crippen molar-refractivity contribution in [1.82, 2.24) is 0 Å². The average Bonchev–Trinajstić information content (AvgIpc) is 2.11. The molecule has 0 atom stereocenters. The molecule has 3 nitrogen and oxygen atoms in total. The molecule has 0 bridgehead atoms. The van der Waals surface area contributed by atoms with E-state index in [9.17, 15) is 4.79 Å². The highest BCUT2D eigenvalue weighted by atomic mass is 35.5. The van der Waals surface area contributed by atoms with Gasteiger partial charge in [0.05, 0.1) is 16.6 Å². The van der Waals surface area contributed by atoms with Gasteiger partial charge in [0.15, 0.2) is 0 Å². The van der Waals surface area contributed by atoms with E-state index in [2.05, 4.69) is 5.32 Å². The monoisotopic (exact) mass is 218 g/mol. The van der Waals surface area contributed by atoms with Crippen LogP contribution in [0.4, 0.5) is 5.69 Å². The normalized spacial score (nSPS) is 9.77. The van der Waals surface area contributed by atoms with Gasteiger partial charge in [-0.3, -0.25) is 4.79 Å². The number of carbonyl (C=O) groups excluding carboxylic acids is 1. The van der Waals surface area contributed by atoms with Crippen molar-refractivity contribution in [2.24, 2.45) is 5.73 Å². The topological polar surface area (TPSA) is 55.1 Å². The molecule has 5 heteroatoms. The summed E-state index contributed by atoms with van der Waals surface area (Å²) in [7, 11) is 0. The third-order valence-electron chi connectivity index (χ3n) is 1.39. The Kier molecular flexibility index (Phi) is 3.54. The highest BCUT2D eigenvalue weighted by molar-refractivity contribution is 6.42. The lowest BCUT2D eigenvalue weighted by molar-refractivity contribution is -0.114. The molecule has 0 saturated heterocycles. The first kappa shape index (κ1) is 10.3. The summed E-state index contributed by atoms with van der Waals surface area (Å²) in [5.74, 6) is -0.265. The molecule has 0 aromatic heterocycles. The van der Waals surface area contributed by atoms with Gasteiger partial charge in [-0.15, -0.1) is 0 Å². The lowest BCUT2D eigenvalue weighted by Crippen LogP contribution is -2.21. The molecule has 0 fully saturated rings. The summed E-state index contributed by atoms with van der Waals surface area (Å²) in [6.07, 6.45) is 0. The quantitative estimate of drug-likeness (QED) is 0.797. The Hall–Kier alpha value is -0.770. The summed E-state index contributed by atoms with van der Waals surface area (Å²) in [5.41, 5.74) is 5.70. The zero-order chi connectivity index (χ0) is 9.84. The number of nitrogens with two attached hydrogens (primary N) is 1. The van der Waals surface area contributed by atoms with Crippen LogP contribution in [0.25, 0.3) is 0 Å². The zero-order valence-electron chi connectivity index (χ0n) is 6.68. The maximum atomic E-state index is 10.9. The molecule has 0 saturated carbocycles. The molecule has 1 aromatic carbocycles. The number of halogens is 2. The second kappa shape index (κ2) is 4.46. The fraction of sp³-hybridized carbons (Fsp3) is 0.125. The Bertz CT molecular complexity index is 328. The van der Waals surface area contributed by atoms with Gasteiger partial charge in [-0.05, 0) is 18.2 Å². The zero-order valence-corrected chi connectivity index (χ0v) is 8.19. The van der Waals surface area contributed by atoms with Crippen LogP contribution in [-0.4, -0.2) is 12.5 Å². The molecule has 0 heterocycles. The van der Waals surface area contributed by atoms with E-state index in [-0.39, 0.29) is 12.5 Å². The van der Waals surface area contributed by atoms with Crippen LogP contribution in [0.5, 0.6) is 0 Å². The standard InChI is InChI=1S/C8H8Cl2N2O/c9-6-2-1-5(3-7(6)10)12-8(13)4-11/h1-3H,4,11H2,(H,12,13). The summed E-state index contributed by atoms with van der Waals surface area (Å²) in [6.45, 7) is -0.0553. The molecule has 1 aromatic rings. The van der Waals surface area contributed by atoms with Gasteiger partial charge in [0.25, 0.3) is 0 Å². The van der Waals surface area contributed by atoms with E-state index in [1.165, 1.54) is 0 Å². The van der Waals surface area contributed by atoms with Gasteiger partial charge in [-0.2, -0.15) is 0 Å². The van der Waals surface area contributed by atoms with Crippen LogP contribution in [-0.2, 0) is 4.79 Å². The van der Waals surface area contributed by atoms with Crippen LogP contribution >= 0.6 is 23.2 Å². The van der Waals surface area contributed by atoms with E-state index < -0.39 is 0 Å². The number of hydrogen-bond donors (Lipinski definition) is 2. The fourth-order valence-electron chi connectivity index (χ4n) is 0.786. The molecule has 1 rings (SSSR count). The van der Waals surface area contributed by atoms with Crippen molar-refractivity contribution in [3.63, 3.8) is 0 Å². The Morgan fingerprint density at radius 3 is 2.62 bits per heavy atom. The summed E-state index contributed by atoms with van der Waals surface area (Å²) in [6, 6.07) is 4.83. The van der Waals surface area contributed by atoms with Gasteiger partial charge in [-0.25, -0.2) is 0 Å². The molecule has 1 amide bonds. The lowest BCUT2D eigenvalue weighted by atomic mass is 10.3. The van der Waals surface area contributed by atoms with Crippen LogP contribution in [0.1, 0.15) is 0 Å². The molecule has 0 aliphatic carbocycles. The molecular weight excluding hydrogens is 211 g/mol. The van der Waals surface area contributed by atoms with Crippen LogP contribution in [0.2, 0.25) is 10.0 Å². The molecule has 0 aliphatic rings. The van der Waals surface area contributed by atoms with Crippen LogP contribution < -0.4 is 11.1 Å². The SMILES string of the molecule is NCC(=O)Nc1ccc(Cl)c(Cl)c1. The van der Waals surface area contributed by atoms with Gasteiger partial charge in [-0.1, -0.05) is 23.2 Å². The molecule has 13 heavy (non-hydrogen) atoms. The fourth-order valence-corrected chi connectivity index (χ4v) is 1.08. The van der Waals surface area contributed by atoms with Crippen LogP contribution in [0.15, 0.2) is 18.2 Å². The smallest absolute Gasteiger partial charge is 0.238 e. The van der Waals surface area contributed by atoms with E-state index in [1.807, 2.05) is 0 Å². The van der Waals surface area contributed by atoms with Crippen molar-refractivity contribution in [2.45, 2.75) is 0 Å². The maximum absolute atomic E-state index is 10.9. The number of benzene rings is 1. The predicted molar refractivity (Wildman–Crippen MR) is 54.1 cm³/mol. The molecule has 0 radical (unpaired) electrons. The Balaban J connectivity index is 2.79. The predicted octanol–water partition coefficient (Wildman–Crippen LogP) is 1.89. The van der Waals surface area contributed by atoms with Crippen molar-refractivity contribution in [3.05, 3.63) is 28.2 Å². The minimum Gasteiger partial charge on any atom is -0.325 e. The van der Waals surface area contributed by atoms with Gasteiger partial charge < -0.3 is 11.1 Å². The van der Waals surface area contributed by atoms with Crippen molar-refractivity contribution < 1.29 is 4.79 Å². The van der Waals surface area contributed by atoms with Crippen molar-refractivity contribution in [2.75, 3.05) is 11.9 Å². The molecule has 0 spiro atoms. The van der Waals surface area contributed by atoms with Crippen LogP contribution in [0.3, 0.4) is 0 Å². The minimum atomic E-state index is -0.265. The maximum Gasteiger partial charge on any atom is 0.238 e. The minimum absolute atomic E-state index is 0.0553. The number of hydrogen-bond acceptors (Lipinski definition) is 2. The number of nitrogens with one attached hydrogen (secondary N) is 1. The Morgan fingerprint density at radius 2 is 2.08 bits per heavy atom. The van der Waals surface area contributed by atoms with Crippen molar-refractivity contribution in [3.8, 4) is 0 Å². The summed E-state index contributed by atoms with van der Waals surface area (Å²) >= 11 is 11.4. The number of amides is 1. The first-order chi connectivity index (χ1) is 6.13. The Labute approximate surface area is 85.8 Å². The van der Waals surface area contributed by atoms with Gasteiger partial charge >= 0.3 is 0 Å². The summed E-state index contributed by atoms with van der Waals surface area (Å²) in [4.78, 5) is 10.9. The van der Waals surface area contributed by atoms with E-state index in [1.54, 1.807) is 18.2 Å². The molecule has 0 aliphatic heterocycles. The molecule has 0 unspecified atom stereocenters. The lowest BCUT2D eigenvalue weighted by Gasteiger charge is -2.03. The van der Waals surface area contributed by atoms with Crippen molar-refractivity contribution in [1.29, 1.82) is 0 Å². The highest BCUT2D eigenvalue weighted by Crippen LogP contribution is 2.24. The van der Waals surface area contributed by atoms with E-state index in [4.69, 9.17) is 28.9 Å². The second-order valence-corrected chi connectivity index (χ2v) is 3.20. The Morgan fingerprint density at radius 1 is 1.38 bits per heavy atom. The van der Waals surface area contributed by atoms with Crippen molar-refractivity contribution >= 4 is 34.8 Å².